The monoisotopic (exact) mass is 685 g/mol. The predicted octanol–water partition coefficient (Wildman–Crippen LogP) is 10.1. The van der Waals surface area contributed by atoms with Gasteiger partial charge in [-0.15, -0.1) is 0 Å². The minimum Gasteiger partial charge on any atom is -0.377 e. The second-order valence-electron chi connectivity index (χ2n) is 15.2. The number of fused-ring (bicyclic) bond motifs is 6. The third-order valence-corrected chi connectivity index (χ3v) is 15.1. The first-order valence-electron chi connectivity index (χ1n) is 18.5. The molecule has 0 N–H and O–H groups in total. The summed E-state index contributed by atoms with van der Waals surface area (Å²) in [4.78, 5) is 7.64. The molecular formula is C47H40BN3Si. The van der Waals surface area contributed by atoms with E-state index in [4.69, 9.17) is 0 Å². The van der Waals surface area contributed by atoms with E-state index >= 15 is 0 Å². The Bertz CT molecular complexity index is 2460. The summed E-state index contributed by atoms with van der Waals surface area (Å²) in [6, 6.07) is 61.0. The molecule has 0 radical (unpaired) electrons. The van der Waals surface area contributed by atoms with Gasteiger partial charge in [0.25, 0.3) is 0 Å². The summed E-state index contributed by atoms with van der Waals surface area (Å²) >= 11 is 0. The minimum atomic E-state index is -2.00. The van der Waals surface area contributed by atoms with Crippen LogP contribution in [0.4, 0.5) is 45.5 Å². The molecule has 3 nitrogen and oxygen atoms in total. The molecule has 3 aliphatic rings. The molecule has 5 heteroatoms. The molecule has 7 aromatic carbocycles. The number of benzene rings is 7. The third kappa shape index (κ3) is 4.45. The van der Waals surface area contributed by atoms with Crippen molar-refractivity contribution >= 4 is 81.7 Å². The molecule has 0 atom stereocenters. The van der Waals surface area contributed by atoms with Crippen LogP contribution in [0.1, 0.15) is 25.3 Å². The number of para-hydroxylation sites is 5. The van der Waals surface area contributed by atoms with E-state index < -0.39 is 8.07 Å². The molecule has 0 saturated heterocycles. The number of nitrogens with zero attached hydrogens (tertiary/aromatic N) is 3. The van der Waals surface area contributed by atoms with E-state index in [9.17, 15) is 0 Å². The summed E-state index contributed by atoms with van der Waals surface area (Å²) in [6.45, 7) is 9.73. The lowest BCUT2D eigenvalue weighted by Gasteiger charge is -2.51. The summed E-state index contributed by atoms with van der Waals surface area (Å²) in [7, 11) is -2.00. The van der Waals surface area contributed by atoms with E-state index in [0.29, 0.717) is 5.92 Å². The lowest BCUT2D eigenvalue weighted by atomic mass is 9.43. The second kappa shape index (κ2) is 11.6. The first-order chi connectivity index (χ1) is 25.4. The number of rotatable bonds is 5. The van der Waals surface area contributed by atoms with Gasteiger partial charge in [0.1, 0.15) is 8.07 Å². The molecule has 0 spiro atoms. The SMILES string of the molecule is CC(C)c1cc2c3c(c1)N(c1ccccc1)c1cc(N(c4ccccc4)c4ccccc4)ccc1B3N1c3ccccc3[Si](C)(C)c3cccc-2c31. The topological polar surface area (TPSA) is 9.72 Å². The van der Waals surface area contributed by atoms with Crippen LogP contribution in [-0.2, 0) is 0 Å². The first-order valence-corrected chi connectivity index (χ1v) is 21.5. The van der Waals surface area contributed by atoms with Crippen molar-refractivity contribution < 1.29 is 0 Å². The summed E-state index contributed by atoms with van der Waals surface area (Å²) < 4.78 is 0. The van der Waals surface area contributed by atoms with Gasteiger partial charge in [-0.3, -0.25) is 0 Å². The molecule has 250 valence electrons. The van der Waals surface area contributed by atoms with Crippen molar-refractivity contribution in [1.82, 2.24) is 0 Å². The van der Waals surface area contributed by atoms with E-state index in [-0.39, 0.29) is 6.85 Å². The van der Waals surface area contributed by atoms with E-state index in [2.05, 4.69) is 205 Å². The van der Waals surface area contributed by atoms with Crippen LogP contribution in [-0.4, -0.2) is 14.9 Å². The van der Waals surface area contributed by atoms with Crippen molar-refractivity contribution in [2.75, 3.05) is 14.6 Å². The Morgan fingerprint density at radius 1 is 0.538 bits per heavy atom. The highest BCUT2D eigenvalue weighted by atomic mass is 28.3. The molecule has 0 aromatic heterocycles. The minimum absolute atomic E-state index is 0.0111. The molecule has 0 unspecified atom stereocenters. The molecule has 0 saturated carbocycles. The van der Waals surface area contributed by atoms with E-state index in [1.54, 1.807) is 0 Å². The van der Waals surface area contributed by atoms with Gasteiger partial charge >= 0.3 is 6.85 Å². The number of hydrogen-bond donors (Lipinski definition) is 0. The van der Waals surface area contributed by atoms with Gasteiger partial charge in [-0.1, -0.05) is 130 Å². The van der Waals surface area contributed by atoms with Gasteiger partial charge < -0.3 is 14.6 Å². The van der Waals surface area contributed by atoms with E-state index in [1.165, 1.54) is 66.4 Å². The van der Waals surface area contributed by atoms with Gasteiger partial charge in [0.05, 0.1) is 0 Å². The molecule has 0 bridgehead atoms. The van der Waals surface area contributed by atoms with Gasteiger partial charge in [-0.25, -0.2) is 0 Å². The summed E-state index contributed by atoms with van der Waals surface area (Å²) in [6.07, 6.45) is 0. The Morgan fingerprint density at radius 3 is 1.87 bits per heavy atom. The lowest BCUT2D eigenvalue weighted by molar-refractivity contribution is 0.867. The highest BCUT2D eigenvalue weighted by Gasteiger charge is 2.50. The number of anilines is 8. The standard InChI is InChI=1S/C47H40BN3Si/c1-32(2)33-29-39-38-23-16-26-45-47(38)51(41-24-14-15-25-44(41)52(45,3)4)48-40-28-27-37(49(34-17-8-5-9-18-34)35-19-10-6-11-20-35)31-42(40)50(43(30-33)46(39)48)36-21-12-7-13-22-36/h5-32H,1-4H3. The van der Waals surface area contributed by atoms with Crippen molar-refractivity contribution in [1.29, 1.82) is 0 Å². The van der Waals surface area contributed by atoms with Crippen molar-refractivity contribution in [2.45, 2.75) is 32.9 Å². The third-order valence-electron chi connectivity index (χ3n) is 11.5. The molecule has 3 aliphatic heterocycles. The van der Waals surface area contributed by atoms with Crippen LogP contribution < -0.4 is 35.9 Å². The molecule has 7 aromatic rings. The predicted molar refractivity (Wildman–Crippen MR) is 226 cm³/mol. The van der Waals surface area contributed by atoms with Crippen molar-refractivity contribution in [2.24, 2.45) is 0 Å². The zero-order valence-electron chi connectivity index (χ0n) is 30.1. The van der Waals surface area contributed by atoms with Crippen LogP contribution in [0.25, 0.3) is 11.1 Å². The van der Waals surface area contributed by atoms with E-state index in [1.807, 2.05) is 0 Å². The normalized spacial score (nSPS) is 14.4. The summed E-state index contributed by atoms with van der Waals surface area (Å²) in [5, 5.41) is 3.03. The fourth-order valence-electron chi connectivity index (χ4n) is 9.06. The highest BCUT2D eigenvalue weighted by molar-refractivity contribution is 7.05. The van der Waals surface area contributed by atoms with Gasteiger partial charge in [-0.05, 0) is 99.0 Å². The summed E-state index contributed by atoms with van der Waals surface area (Å²) in [5.41, 5.74) is 16.6. The average Bonchev–Trinajstić information content (AvgIpc) is 3.18. The molecular weight excluding hydrogens is 645 g/mol. The second-order valence-corrected chi connectivity index (χ2v) is 19.5. The highest BCUT2D eigenvalue weighted by Crippen LogP contribution is 2.49. The van der Waals surface area contributed by atoms with E-state index in [0.717, 1.165) is 17.1 Å². The molecule has 0 fully saturated rings. The lowest BCUT2D eigenvalue weighted by Crippen LogP contribution is -2.68. The maximum absolute atomic E-state index is 2.71. The molecule has 10 rings (SSSR count). The summed E-state index contributed by atoms with van der Waals surface area (Å²) in [5.74, 6) is 0.376. The van der Waals surface area contributed by atoms with Crippen molar-refractivity contribution in [3.8, 4) is 11.1 Å². The van der Waals surface area contributed by atoms with Gasteiger partial charge in [0, 0.05) is 51.1 Å². The Labute approximate surface area is 308 Å². The molecule has 52 heavy (non-hydrogen) atoms. The van der Waals surface area contributed by atoms with Crippen LogP contribution in [0, 0.1) is 0 Å². The van der Waals surface area contributed by atoms with Gasteiger partial charge in [-0.2, -0.15) is 0 Å². The van der Waals surface area contributed by atoms with Gasteiger partial charge in [0.2, 0.25) is 0 Å². The van der Waals surface area contributed by atoms with Crippen LogP contribution in [0.2, 0.25) is 13.1 Å². The van der Waals surface area contributed by atoms with Crippen LogP contribution in [0.3, 0.4) is 0 Å². The van der Waals surface area contributed by atoms with Crippen LogP contribution in [0.5, 0.6) is 0 Å². The fraction of sp³-hybridized carbons (Fsp3) is 0.106. The zero-order valence-corrected chi connectivity index (χ0v) is 31.1. The average molecular weight is 686 g/mol. The molecule has 3 heterocycles. The van der Waals surface area contributed by atoms with Crippen molar-refractivity contribution in [3.63, 3.8) is 0 Å². The zero-order chi connectivity index (χ0) is 35.1. The number of hydrogen-bond acceptors (Lipinski definition) is 3. The first kappa shape index (κ1) is 31.0. The fourth-order valence-corrected chi connectivity index (χ4v) is 12.1. The maximum atomic E-state index is 2.71. The Balaban J connectivity index is 1.31. The van der Waals surface area contributed by atoms with Gasteiger partial charge in [0.15, 0.2) is 0 Å². The quantitative estimate of drug-likeness (QED) is 0.167. The van der Waals surface area contributed by atoms with Crippen molar-refractivity contribution in [3.05, 3.63) is 169 Å². The molecule has 0 aliphatic carbocycles. The van der Waals surface area contributed by atoms with Crippen LogP contribution >= 0.6 is 0 Å². The Hall–Kier alpha value is -5.78. The molecule has 0 amide bonds. The smallest absolute Gasteiger partial charge is 0.333 e. The van der Waals surface area contributed by atoms with Crippen LogP contribution in [0.15, 0.2) is 164 Å². The Morgan fingerprint density at radius 2 is 1.17 bits per heavy atom. The Kier molecular flexibility index (Phi) is 6.93. The largest absolute Gasteiger partial charge is 0.377 e. The maximum Gasteiger partial charge on any atom is 0.333 e.